The van der Waals surface area contributed by atoms with E-state index in [9.17, 15) is 19.8 Å². The number of carbonyl (C=O) groups excluding carboxylic acids is 2. The van der Waals surface area contributed by atoms with Crippen molar-refractivity contribution in [1.29, 1.82) is 0 Å². The molecule has 2 aromatic carbocycles. The Hall–Kier alpha value is -3.72. The van der Waals surface area contributed by atoms with Crippen molar-refractivity contribution in [3.63, 3.8) is 0 Å². The third kappa shape index (κ3) is 4.45. The van der Waals surface area contributed by atoms with Crippen LogP contribution in [0.15, 0.2) is 42.3 Å². The highest BCUT2D eigenvalue weighted by Crippen LogP contribution is 2.47. The van der Waals surface area contributed by atoms with Gasteiger partial charge in [0.25, 0.3) is 0 Å². The number of phenols is 2. The van der Waals surface area contributed by atoms with Crippen LogP contribution in [0.25, 0.3) is 0 Å². The van der Waals surface area contributed by atoms with Crippen LogP contribution in [0.4, 0.5) is 0 Å². The zero-order valence-corrected chi connectivity index (χ0v) is 18.4. The molecule has 0 unspecified atom stereocenters. The van der Waals surface area contributed by atoms with Crippen LogP contribution in [0.3, 0.4) is 0 Å². The SMILES string of the molecule is COC(=O)C[C@H](c1ccc(OC)c(O)c1)c1c(O)ccc2c1O/C(=C\N1CCOCC1)C2=O. The first-order valence-corrected chi connectivity index (χ1v) is 10.5. The highest BCUT2D eigenvalue weighted by atomic mass is 16.5. The zero-order chi connectivity index (χ0) is 23.5. The lowest BCUT2D eigenvalue weighted by molar-refractivity contribution is -0.140. The Morgan fingerprint density at radius 3 is 2.58 bits per heavy atom. The maximum absolute atomic E-state index is 13.0. The van der Waals surface area contributed by atoms with Crippen LogP contribution in [0.5, 0.6) is 23.0 Å². The van der Waals surface area contributed by atoms with Crippen molar-refractivity contribution in [2.45, 2.75) is 12.3 Å². The number of aromatic hydroxyl groups is 2. The Morgan fingerprint density at radius 2 is 1.91 bits per heavy atom. The summed E-state index contributed by atoms with van der Waals surface area (Å²) in [5, 5.41) is 21.1. The largest absolute Gasteiger partial charge is 0.508 e. The first-order chi connectivity index (χ1) is 15.9. The average Bonchev–Trinajstić information content (AvgIpc) is 3.13. The van der Waals surface area contributed by atoms with Crippen molar-refractivity contribution in [3.8, 4) is 23.0 Å². The molecule has 33 heavy (non-hydrogen) atoms. The van der Waals surface area contributed by atoms with Gasteiger partial charge >= 0.3 is 5.97 Å². The van der Waals surface area contributed by atoms with Crippen molar-refractivity contribution < 1.29 is 38.7 Å². The Morgan fingerprint density at radius 1 is 1.15 bits per heavy atom. The van der Waals surface area contributed by atoms with Crippen LogP contribution in [0.1, 0.15) is 33.8 Å². The summed E-state index contributed by atoms with van der Waals surface area (Å²) in [6.45, 7) is 2.37. The molecule has 2 aromatic rings. The fourth-order valence-electron chi connectivity index (χ4n) is 4.02. The fraction of sp³-hybridized carbons (Fsp3) is 0.333. The molecule has 0 radical (unpaired) electrons. The zero-order valence-electron chi connectivity index (χ0n) is 18.4. The number of Topliss-reactive ketones (excluding diaryl/α,β-unsaturated/α-hetero) is 1. The molecule has 0 amide bonds. The molecule has 2 heterocycles. The Bertz CT molecular complexity index is 1100. The number of benzene rings is 2. The third-order valence-electron chi connectivity index (χ3n) is 5.75. The number of nitrogens with zero attached hydrogens (tertiary/aromatic N) is 1. The summed E-state index contributed by atoms with van der Waals surface area (Å²) in [6, 6.07) is 7.59. The van der Waals surface area contributed by atoms with Crippen molar-refractivity contribution >= 4 is 11.8 Å². The fourth-order valence-corrected chi connectivity index (χ4v) is 4.02. The summed E-state index contributed by atoms with van der Waals surface area (Å²) in [7, 11) is 2.70. The molecule has 9 nitrogen and oxygen atoms in total. The minimum absolute atomic E-state index is 0.123. The Labute approximate surface area is 190 Å². The van der Waals surface area contributed by atoms with Gasteiger partial charge in [-0.15, -0.1) is 0 Å². The predicted octanol–water partition coefficient (Wildman–Crippen LogP) is 2.55. The molecule has 0 bridgehead atoms. The minimum atomic E-state index is -0.750. The van der Waals surface area contributed by atoms with E-state index >= 15 is 0 Å². The number of morpholine rings is 1. The van der Waals surface area contributed by atoms with Crippen LogP contribution >= 0.6 is 0 Å². The van der Waals surface area contributed by atoms with Gasteiger partial charge in [0.2, 0.25) is 5.78 Å². The van der Waals surface area contributed by atoms with Gasteiger partial charge in [-0.3, -0.25) is 9.59 Å². The van der Waals surface area contributed by atoms with E-state index in [2.05, 4.69) is 0 Å². The number of ether oxygens (including phenoxy) is 4. The highest BCUT2D eigenvalue weighted by molar-refractivity contribution is 6.12. The molecule has 0 saturated carbocycles. The van der Waals surface area contributed by atoms with Gasteiger partial charge in [0, 0.05) is 30.8 Å². The number of hydrogen-bond acceptors (Lipinski definition) is 9. The topological polar surface area (TPSA) is 115 Å². The second kappa shape index (κ2) is 9.41. The summed E-state index contributed by atoms with van der Waals surface area (Å²) in [5.74, 6) is -1.27. The van der Waals surface area contributed by atoms with Crippen LogP contribution < -0.4 is 9.47 Å². The number of esters is 1. The van der Waals surface area contributed by atoms with E-state index in [1.54, 1.807) is 18.3 Å². The van der Waals surface area contributed by atoms with Gasteiger partial charge in [-0.05, 0) is 29.8 Å². The summed E-state index contributed by atoms with van der Waals surface area (Å²) < 4.78 is 21.3. The van der Waals surface area contributed by atoms with Crippen molar-refractivity contribution in [1.82, 2.24) is 4.90 Å². The van der Waals surface area contributed by atoms with E-state index in [1.165, 1.54) is 32.4 Å². The Balaban J connectivity index is 1.78. The second-order valence-corrected chi connectivity index (χ2v) is 7.71. The standard InChI is InChI=1S/C24H25NO8/c1-30-19-6-3-14(11-18(19)27)16(12-21(28)31-2)22-17(26)5-4-15-23(29)20(33-24(15)22)13-25-7-9-32-10-8-25/h3-6,11,13,16,26-27H,7-10,12H2,1-2H3/b20-13-/t16-/m1/s1. The van der Waals surface area contributed by atoms with Gasteiger partial charge in [-0.2, -0.15) is 0 Å². The molecule has 0 aliphatic carbocycles. The van der Waals surface area contributed by atoms with Gasteiger partial charge in [0.1, 0.15) is 11.5 Å². The molecule has 4 rings (SSSR count). The molecule has 0 spiro atoms. The number of hydrogen-bond donors (Lipinski definition) is 2. The normalized spacial score (nSPS) is 17.5. The van der Waals surface area contributed by atoms with Crippen molar-refractivity contribution in [2.24, 2.45) is 0 Å². The van der Waals surface area contributed by atoms with Crippen LogP contribution in [-0.4, -0.2) is 67.4 Å². The van der Waals surface area contributed by atoms with E-state index in [0.717, 1.165) is 0 Å². The number of allylic oxidation sites excluding steroid dienone is 1. The molecule has 2 aliphatic rings. The van der Waals surface area contributed by atoms with Crippen LogP contribution in [0.2, 0.25) is 0 Å². The summed E-state index contributed by atoms with van der Waals surface area (Å²) in [4.78, 5) is 27.2. The summed E-state index contributed by atoms with van der Waals surface area (Å²) in [6.07, 6.45) is 1.51. The molecule has 1 saturated heterocycles. The van der Waals surface area contributed by atoms with Gasteiger partial charge < -0.3 is 34.1 Å². The third-order valence-corrected chi connectivity index (χ3v) is 5.75. The van der Waals surface area contributed by atoms with Crippen molar-refractivity contribution in [2.75, 3.05) is 40.5 Å². The number of methoxy groups -OCH3 is 2. The quantitative estimate of drug-likeness (QED) is 0.501. The molecule has 2 N–H and O–H groups in total. The molecule has 9 heteroatoms. The second-order valence-electron chi connectivity index (χ2n) is 7.71. The highest BCUT2D eigenvalue weighted by Gasteiger charge is 2.36. The van der Waals surface area contributed by atoms with E-state index in [4.69, 9.17) is 18.9 Å². The minimum Gasteiger partial charge on any atom is -0.508 e. The lowest BCUT2D eigenvalue weighted by Gasteiger charge is -2.25. The molecule has 2 aliphatic heterocycles. The first kappa shape index (κ1) is 22.5. The van der Waals surface area contributed by atoms with E-state index in [1.807, 2.05) is 4.90 Å². The van der Waals surface area contributed by atoms with Crippen LogP contribution in [-0.2, 0) is 14.3 Å². The number of fused-ring (bicyclic) bond motifs is 1. The summed E-state index contributed by atoms with van der Waals surface area (Å²) in [5.41, 5.74) is 1.07. The monoisotopic (exact) mass is 455 g/mol. The maximum Gasteiger partial charge on any atom is 0.306 e. The molecule has 1 fully saturated rings. The van der Waals surface area contributed by atoms with E-state index in [-0.39, 0.29) is 52.1 Å². The van der Waals surface area contributed by atoms with E-state index < -0.39 is 11.9 Å². The molecule has 1 atom stereocenters. The lowest BCUT2D eigenvalue weighted by Crippen LogP contribution is -2.32. The summed E-state index contributed by atoms with van der Waals surface area (Å²) >= 11 is 0. The number of phenolic OH excluding ortho intramolecular Hbond substituents is 2. The van der Waals surface area contributed by atoms with Gasteiger partial charge in [-0.25, -0.2) is 0 Å². The van der Waals surface area contributed by atoms with E-state index in [0.29, 0.717) is 31.9 Å². The maximum atomic E-state index is 13.0. The predicted molar refractivity (Wildman–Crippen MR) is 117 cm³/mol. The lowest BCUT2D eigenvalue weighted by atomic mass is 9.86. The van der Waals surface area contributed by atoms with Gasteiger partial charge in [0.05, 0.1) is 39.4 Å². The smallest absolute Gasteiger partial charge is 0.306 e. The number of ketones is 1. The van der Waals surface area contributed by atoms with Crippen molar-refractivity contribution in [3.05, 3.63) is 59.0 Å². The first-order valence-electron chi connectivity index (χ1n) is 10.5. The molecular weight excluding hydrogens is 430 g/mol. The number of rotatable bonds is 6. The number of carbonyl (C=O) groups is 2. The average molecular weight is 455 g/mol. The Kier molecular flexibility index (Phi) is 6.41. The van der Waals surface area contributed by atoms with Gasteiger partial charge in [-0.1, -0.05) is 6.07 Å². The van der Waals surface area contributed by atoms with Crippen LogP contribution in [0, 0.1) is 0 Å². The molecule has 174 valence electrons. The molecule has 0 aromatic heterocycles. The molecular formula is C24H25NO8. The van der Waals surface area contributed by atoms with Gasteiger partial charge in [0.15, 0.2) is 17.3 Å².